The Morgan fingerprint density at radius 1 is 0.480 bits per heavy atom. The van der Waals surface area contributed by atoms with Gasteiger partial charge in [-0.25, -0.2) is 0 Å². The van der Waals surface area contributed by atoms with Gasteiger partial charge in [-0.15, -0.1) is 0 Å². The van der Waals surface area contributed by atoms with E-state index >= 15 is 0 Å². The van der Waals surface area contributed by atoms with E-state index < -0.39 is 0 Å². The van der Waals surface area contributed by atoms with Crippen LogP contribution in [0.3, 0.4) is 0 Å². The Morgan fingerprint density at radius 2 is 0.960 bits per heavy atom. The van der Waals surface area contributed by atoms with Crippen LogP contribution in [-0.4, -0.2) is 13.2 Å². The van der Waals surface area contributed by atoms with Gasteiger partial charge in [-0.1, -0.05) is 60.7 Å². The van der Waals surface area contributed by atoms with Crippen molar-refractivity contribution in [1.82, 2.24) is 0 Å². The van der Waals surface area contributed by atoms with Crippen LogP contribution in [0.5, 0.6) is 11.5 Å². The van der Waals surface area contributed by atoms with Gasteiger partial charge < -0.3 is 9.47 Å². The minimum atomic E-state index is 0.718. The summed E-state index contributed by atoms with van der Waals surface area (Å²) >= 11 is 0. The highest BCUT2D eigenvalue weighted by Crippen LogP contribution is 2.16. The lowest BCUT2D eigenvalue weighted by Gasteiger charge is -2.08. The first-order valence-electron chi connectivity index (χ1n) is 8.84. The molecule has 0 atom stereocenters. The van der Waals surface area contributed by atoms with Crippen LogP contribution in [0.4, 0.5) is 0 Å². The number of benzene rings is 3. The fourth-order valence-corrected chi connectivity index (χ4v) is 2.64. The maximum Gasteiger partial charge on any atom is 0.119 e. The average Bonchev–Trinajstić information content (AvgIpc) is 2.67. The molecule has 0 aliphatic heterocycles. The molecule has 0 amide bonds. The predicted octanol–water partition coefficient (Wildman–Crippen LogP) is 5.52. The van der Waals surface area contributed by atoms with Gasteiger partial charge in [-0.2, -0.15) is 0 Å². The maximum atomic E-state index is 5.81. The summed E-state index contributed by atoms with van der Waals surface area (Å²) in [6, 6.07) is 28.8. The van der Waals surface area contributed by atoms with Crippen molar-refractivity contribution in [3.8, 4) is 11.5 Å². The van der Waals surface area contributed by atoms with E-state index in [0.29, 0.717) is 0 Å². The van der Waals surface area contributed by atoms with Crippen LogP contribution in [-0.2, 0) is 6.42 Å². The molecule has 0 aliphatic carbocycles. The van der Waals surface area contributed by atoms with Gasteiger partial charge in [0.1, 0.15) is 11.5 Å². The van der Waals surface area contributed by atoms with E-state index in [-0.39, 0.29) is 0 Å². The normalized spacial score (nSPS) is 10.4. The SMILES string of the molecule is c1ccc(Cc2ccc(OCCCCOc3ccccc3)cc2)cc1. The largest absolute Gasteiger partial charge is 0.494 e. The molecular formula is C23H24O2. The average molecular weight is 332 g/mol. The van der Waals surface area contributed by atoms with E-state index in [1.54, 1.807) is 0 Å². The Labute approximate surface area is 150 Å². The number of para-hydroxylation sites is 1. The Bertz CT molecular complexity index is 721. The molecule has 2 heteroatoms. The second-order valence-corrected chi connectivity index (χ2v) is 6.02. The third kappa shape index (κ3) is 6.00. The van der Waals surface area contributed by atoms with Crippen LogP contribution >= 0.6 is 0 Å². The molecule has 0 aromatic heterocycles. The quantitative estimate of drug-likeness (QED) is 0.481. The van der Waals surface area contributed by atoms with Crippen LogP contribution in [0, 0.1) is 0 Å². The lowest BCUT2D eigenvalue weighted by Crippen LogP contribution is -2.02. The fraction of sp³-hybridized carbons (Fsp3) is 0.217. The molecule has 3 aromatic rings. The third-order valence-electron chi connectivity index (χ3n) is 3.99. The van der Waals surface area contributed by atoms with Crippen LogP contribution < -0.4 is 9.47 Å². The van der Waals surface area contributed by atoms with E-state index in [1.807, 2.05) is 36.4 Å². The molecule has 0 saturated carbocycles. The summed E-state index contributed by atoms with van der Waals surface area (Å²) in [6.45, 7) is 1.44. The van der Waals surface area contributed by atoms with Crippen molar-refractivity contribution in [2.75, 3.05) is 13.2 Å². The van der Waals surface area contributed by atoms with Crippen molar-refractivity contribution in [3.63, 3.8) is 0 Å². The standard InChI is InChI=1S/C23H24O2/c1-3-9-20(10-4-1)19-21-13-15-23(16-14-21)25-18-8-7-17-24-22-11-5-2-6-12-22/h1-6,9-16H,7-8,17-19H2. The van der Waals surface area contributed by atoms with Crippen molar-refractivity contribution in [3.05, 3.63) is 96.1 Å². The molecule has 0 saturated heterocycles. The fourth-order valence-electron chi connectivity index (χ4n) is 2.64. The predicted molar refractivity (Wildman–Crippen MR) is 102 cm³/mol. The van der Waals surface area contributed by atoms with E-state index in [9.17, 15) is 0 Å². The van der Waals surface area contributed by atoms with Crippen LogP contribution in [0.2, 0.25) is 0 Å². The Hall–Kier alpha value is -2.74. The first kappa shape index (κ1) is 17.1. The monoisotopic (exact) mass is 332 g/mol. The number of hydrogen-bond acceptors (Lipinski definition) is 2. The minimum Gasteiger partial charge on any atom is -0.494 e. The van der Waals surface area contributed by atoms with Gasteiger partial charge in [0.05, 0.1) is 13.2 Å². The Balaban J connectivity index is 1.33. The van der Waals surface area contributed by atoms with Crippen LogP contribution in [0.1, 0.15) is 24.0 Å². The van der Waals surface area contributed by atoms with E-state index in [1.165, 1.54) is 11.1 Å². The lowest BCUT2D eigenvalue weighted by molar-refractivity contribution is 0.266. The van der Waals surface area contributed by atoms with E-state index in [2.05, 4.69) is 48.5 Å². The molecule has 0 spiro atoms. The first-order chi connectivity index (χ1) is 12.4. The van der Waals surface area contributed by atoms with Crippen LogP contribution in [0.15, 0.2) is 84.9 Å². The number of unbranched alkanes of at least 4 members (excludes halogenated alkanes) is 1. The molecular weight excluding hydrogens is 308 g/mol. The Kier molecular flexibility index (Phi) is 6.52. The molecule has 25 heavy (non-hydrogen) atoms. The molecule has 0 fully saturated rings. The Morgan fingerprint density at radius 3 is 1.56 bits per heavy atom. The number of hydrogen-bond donors (Lipinski definition) is 0. The van der Waals surface area contributed by atoms with Crippen molar-refractivity contribution in [2.24, 2.45) is 0 Å². The van der Waals surface area contributed by atoms with E-state index in [4.69, 9.17) is 9.47 Å². The summed E-state index contributed by atoms with van der Waals surface area (Å²) in [5.74, 6) is 1.86. The molecule has 0 heterocycles. The molecule has 3 aromatic carbocycles. The van der Waals surface area contributed by atoms with Crippen molar-refractivity contribution in [2.45, 2.75) is 19.3 Å². The molecule has 0 N–H and O–H groups in total. The molecule has 128 valence electrons. The first-order valence-corrected chi connectivity index (χ1v) is 8.84. The molecule has 0 unspecified atom stereocenters. The maximum absolute atomic E-state index is 5.81. The van der Waals surface area contributed by atoms with Crippen LogP contribution in [0.25, 0.3) is 0 Å². The molecule has 0 aliphatic rings. The third-order valence-corrected chi connectivity index (χ3v) is 3.99. The molecule has 0 radical (unpaired) electrons. The zero-order chi connectivity index (χ0) is 17.2. The van der Waals surface area contributed by atoms with Gasteiger partial charge in [-0.05, 0) is 54.7 Å². The summed E-state index contributed by atoms with van der Waals surface area (Å²) in [4.78, 5) is 0. The number of rotatable bonds is 9. The molecule has 2 nitrogen and oxygen atoms in total. The highest BCUT2D eigenvalue weighted by Gasteiger charge is 1.98. The van der Waals surface area contributed by atoms with Crippen molar-refractivity contribution in [1.29, 1.82) is 0 Å². The summed E-state index contributed by atoms with van der Waals surface area (Å²) in [7, 11) is 0. The van der Waals surface area contributed by atoms with Gasteiger partial charge in [0.25, 0.3) is 0 Å². The molecule has 0 bridgehead atoms. The summed E-state index contributed by atoms with van der Waals surface area (Å²) in [5.41, 5.74) is 2.63. The minimum absolute atomic E-state index is 0.718. The zero-order valence-corrected chi connectivity index (χ0v) is 14.4. The second-order valence-electron chi connectivity index (χ2n) is 6.02. The highest BCUT2D eigenvalue weighted by molar-refractivity contribution is 5.31. The zero-order valence-electron chi connectivity index (χ0n) is 14.4. The van der Waals surface area contributed by atoms with Crippen molar-refractivity contribution >= 4 is 0 Å². The van der Waals surface area contributed by atoms with Gasteiger partial charge in [-0.3, -0.25) is 0 Å². The van der Waals surface area contributed by atoms with Gasteiger partial charge in [0.15, 0.2) is 0 Å². The lowest BCUT2D eigenvalue weighted by atomic mass is 10.1. The summed E-state index contributed by atoms with van der Waals surface area (Å²) < 4.78 is 11.5. The van der Waals surface area contributed by atoms with Gasteiger partial charge in [0.2, 0.25) is 0 Å². The van der Waals surface area contributed by atoms with Crippen molar-refractivity contribution < 1.29 is 9.47 Å². The topological polar surface area (TPSA) is 18.5 Å². The smallest absolute Gasteiger partial charge is 0.119 e. The van der Waals surface area contributed by atoms with Gasteiger partial charge in [0, 0.05) is 0 Å². The summed E-state index contributed by atoms with van der Waals surface area (Å²) in [6.07, 6.45) is 2.93. The summed E-state index contributed by atoms with van der Waals surface area (Å²) in [5, 5.41) is 0. The molecule has 3 rings (SSSR count). The van der Waals surface area contributed by atoms with E-state index in [0.717, 1.165) is 44.0 Å². The number of ether oxygens (including phenoxy) is 2. The second kappa shape index (κ2) is 9.53. The van der Waals surface area contributed by atoms with Gasteiger partial charge >= 0.3 is 0 Å². The highest BCUT2D eigenvalue weighted by atomic mass is 16.5.